The van der Waals surface area contributed by atoms with E-state index in [1.165, 1.54) is 16.6 Å². The van der Waals surface area contributed by atoms with Crippen molar-refractivity contribution in [3.63, 3.8) is 0 Å². The van der Waals surface area contributed by atoms with E-state index >= 15 is 0 Å². The van der Waals surface area contributed by atoms with Crippen molar-refractivity contribution < 1.29 is 17.2 Å². The maximum Gasteiger partial charge on any atom is 0.180 e. The van der Waals surface area contributed by atoms with Crippen molar-refractivity contribution in [2.24, 2.45) is 0 Å². The van der Waals surface area contributed by atoms with E-state index in [2.05, 4.69) is 15.4 Å². The van der Waals surface area contributed by atoms with Crippen LogP contribution in [0.4, 0.5) is 14.6 Å². The minimum absolute atomic E-state index is 0.0348. The van der Waals surface area contributed by atoms with Crippen LogP contribution in [0.1, 0.15) is 37.3 Å². The highest BCUT2D eigenvalue weighted by Crippen LogP contribution is 2.41. The van der Waals surface area contributed by atoms with Gasteiger partial charge in [-0.1, -0.05) is 6.07 Å². The highest BCUT2D eigenvalue weighted by Gasteiger charge is 2.38. The number of nitrogens with two attached hydrogens (primary N) is 1. The molecule has 2 aliphatic heterocycles. The third kappa shape index (κ3) is 3.82. The number of nitrogens with one attached hydrogen (secondary N) is 1. The molecule has 186 valence electrons. The number of fused-ring (bicyclic) bond motifs is 3. The Kier molecular flexibility index (Phi) is 5.31. The molecule has 2 bridgehead atoms. The Bertz CT molecular complexity index is 1590. The van der Waals surface area contributed by atoms with Gasteiger partial charge in [0.05, 0.1) is 17.6 Å². The van der Waals surface area contributed by atoms with E-state index in [0.717, 1.165) is 38.0 Å². The molecule has 2 atom stereocenters. The van der Waals surface area contributed by atoms with Crippen LogP contribution in [0.15, 0.2) is 47.6 Å². The first-order chi connectivity index (χ1) is 17.2. The minimum atomic E-state index is -3.66. The molecule has 5 heterocycles. The van der Waals surface area contributed by atoms with Crippen molar-refractivity contribution in [1.29, 1.82) is 0 Å². The van der Waals surface area contributed by atoms with E-state index in [1.807, 2.05) is 0 Å². The zero-order chi connectivity index (χ0) is 25.2. The lowest BCUT2D eigenvalue weighted by Crippen LogP contribution is -2.38. The summed E-state index contributed by atoms with van der Waals surface area (Å²) in [7, 11) is -3.66. The third-order valence-electron chi connectivity index (χ3n) is 7.18. The summed E-state index contributed by atoms with van der Waals surface area (Å²) >= 11 is 0. The molecule has 11 heteroatoms. The van der Waals surface area contributed by atoms with Gasteiger partial charge in [0.15, 0.2) is 15.5 Å². The fraction of sp³-hybridized carbons (Fsp3) is 0.320. The largest absolute Gasteiger partial charge is 0.382 e. The molecule has 3 aromatic heterocycles. The van der Waals surface area contributed by atoms with Gasteiger partial charge in [0, 0.05) is 53.2 Å². The summed E-state index contributed by atoms with van der Waals surface area (Å²) in [5.41, 5.74) is 9.14. The lowest BCUT2D eigenvalue weighted by atomic mass is 9.89. The highest BCUT2D eigenvalue weighted by molar-refractivity contribution is 7.91. The van der Waals surface area contributed by atoms with Crippen molar-refractivity contribution in [2.75, 3.05) is 12.0 Å². The van der Waals surface area contributed by atoms with Crippen LogP contribution in [-0.2, 0) is 9.84 Å². The highest BCUT2D eigenvalue weighted by atomic mass is 32.2. The van der Waals surface area contributed by atoms with E-state index in [4.69, 9.17) is 10.7 Å². The summed E-state index contributed by atoms with van der Waals surface area (Å²) in [4.78, 5) is 9.24. The summed E-state index contributed by atoms with van der Waals surface area (Å²) in [5, 5.41) is 7.90. The van der Waals surface area contributed by atoms with Crippen LogP contribution in [0, 0.1) is 11.6 Å². The Hall–Kier alpha value is -3.44. The fourth-order valence-electron chi connectivity index (χ4n) is 5.57. The van der Waals surface area contributed by atoms with E-state index in [1.54, 1.807) is 24.5 Å². The number of hydrogen-bond donors (Lipinski definition) is 2. The second kappa shape index (κ2) is 8.31. The molecule has 6 rings (SSSR count). The Morgan fingerprint density at radius 2 is 1.81 bits per heavy atom. The number of nitrogen functional groups attached to an aromatic ring is 1. The number of pyridine rings is 1. The second-order valence-electron chi connectivity index (χ2n) is 9.64. The molecule has 2 fully saturated rings. The lowest BCUT2D eigenvalue weighted by molar-refractivity contribution is 0.355. The molecule has 8 nitrogen and oxygen atoms in total. The van der Waals surface area contributed by atoms with Crippen LogP contribution in [-0.4, -0.2) is 46.3 Å². The van der Waals surface area contributed by atoms with Crippen molar-refractivity contribution in [1.82, 2.24) is 24.9 Å². The standard InChI is InChI=1S/C25H24F2N6O2S/c1-36(34,35)23-22(14-8-16-4-5-17(9-14)31-16)32-25-19(12-30-33(25)24(23)28)13-2-7-21(29-11-13)18-6-3-15(26)10-20(18)27/h2-3,6-7,10-12,14,16-17,31H,4-5,8-9,28H2,1H3. The number of hydrogen-bond acceptors (Lipinski definition) is 7. The van der Waals surface area contributed by atoms with Gasteiger partial charge in [-0.15, -0.1) is 0 Å². The molecular weight excluding hydrogens is 486 g/mol. The zero-order valence-corrected chi connectivity index (χ0v) is 20.3. The molecular formula is C25H24F2N6O2S. The van der Waals surface area contributed by atoms with E-state index in [-0.39, 0.29) is 22.2 Å². The van der Waals surface area contributed by atoms with Gasteiger partial charge in [-0.2, -0.15) is 9.61 Å². The number of rotatable bonds is 4. The number of anilines is 1. The van der Waals surface area contributed by atoms with Gasteiger partial charge in [0.1, 0.15) is 22.3 Å². The van der Waals surface area contributed by atoms with Gasteiger partial charge in [-0.25, -0.2) is 22.2 Å². The first kappa shape index (κ1) is 23.0. The molecule has 0 amide bonds. The van der Waals surface area contributed by atoms with Crippen LogP contribution in [0.25, 0.3) is 28.0 Å². The Morgan fingerprint density at radius 1 is 1.06 bits per heavy atom. The summed E-state index contributed by atoms with van der Waals surface area (Å²) in [6.07, 6.45) is 8.00. The molecule has 1 aromatic carbocycles. The van der Waals surface area contributed by atoms with Crippen LogP contribution in [0.2, 0.25) is 0 Å². The molecule has 3 N–H and O–H groups in total. The SMILES string of the molecule is CS(=O)(=O)c1c(C2CC3CCC(C2)N3)nc2c(-c3ccc(-c4ccc(F)cc4F)nc3)cnn2c1N. The predicted molar refractivity (Wildman–Crippen MR) is 131 cm³/mol. The molecule has 2 aliphatic rings. The molecule has 2 saturated heterocycles. The van der Waals surface area contributed by atoms with Gasteiger partial charge in [0.25, 0.3) is 0 Å². The third-order valence-corrected chi connectivity index (χ3v) is 8.34. The summed E-state index contributed by atoms with van der Waals surface area (Å²) < 4.78 is 54.4. The van der Waals surface area contributed by atoms with E-state index in [0.29, 0.717) is 40.2 Å². The maximum atomic E-state index is 14.2. The van der Waals surface area contributed by atoms with Crippen LogP contribution in [0.5, 0.6) is 0 Å². The zero-order valence-electron chi connectivity index (χ0n) is 19.4. The number of sulfone groups is 1. The smallest absolute Gasteiger partial charge is 0.180 e. The first-order valence-corrected chi connectivity index (χ1v) is 13.6. The van der Waals surface area contributed by atoms with Crippen LogP contribution < -0.4 is 11.1 Å². The number of aromatic nitrogens is 4. The molecule has 4 aromatic rings. The minimum Gasteiger partial charge on any atom is -0.382 e. The van der Waals surface area contributed by atoms with Crippen molar-refractivity contribution in [3.8, 4) is 22.4 Å². The monoisotopic (exact) mass is 510 g/mol. The second-order valence-corrected chi connectivity index (χ2v) is 11.6. The number of benzene rings is 1. The first-order valence-electron chi connectivity index (χ1n) is 11.7. The predicted octanol–water partition coefficient (Wildman–Crippen LogP) is 3.72. The summed E-state index contributed by atoms with van der Waals surface area (Å²) in [6, 6.07) is 7.40. The molecule has 36 heavy (non-hydrogen) atoms. The Balaban J connectivity index is 1.46. The molecule has 2 unspecified atom stereocenters. The normalized spacial score (nSPS) is 21.8. The summed E-state index contributed by atoms with van der Waals surface area (Å²) in [6.45, 7) is 0. The molecule has 0 spiro atoms. The molecule has 0 saturated carbocycles. The fourth-order valence-corrected chi connectivity index (χ4v) is 6.63. The average molecular weight is 511 g/mol. The quantitative estimate of drug-likeness (QED) is 0.430. The van der Waals surface area contributed by atoms with Crippen LogP contribution >= 0.6 is 0 Å². The van der Waals surface area contributed by atoms with Crippen molar-refractivity contribution in [2.45, 2.75) is 48.6 Å². The van der Waals surface area contributed by atoms with Gasteiger partial charge < -0.3 is 11.1 Å². The van der Waals surface area contributed by atoms with E-state index < -0.39 is 21.5 Å². The molecule has 0 aliphatic carbocycles. The van der Waals surface area contributed by atoms with Gasteiger partial charge in [0.2, 0.25) is 0 Å². The van der Waals surface area contributed by atoms with E-state index in [9.17, 15) is 17.2 Å². The summed E-state index contributed by atoms with van der Waals surface area (Å²) in [5.74, 6) is -1.36. The van der Waals surface area contributed by atoms with Gasteiger partial charge in [-0.3, -0.25) is 4.98 Å². The topological polar surface area (TPSA) is 115 Å². The lowest BCUT2D eigenvalue weighted by Gasteiger charge is -2.30. The van der Waals surface area contributed by atoms with Crippen molar-refractivity contribution in [3.05, 3.63) is 60.1 Å². The number of nitrogens with zero attached hydrogens (tertiary/aromatic N) is 4. The average Bonchev–Trinajstić information content (AvgIpc) is 3.41. The Morgan fingerprint density at radius 3 is 2.44 bits per heavy atom. The maximum absolute atomic E-state index is 14.2. The number of piperidine rings is 1. The Labute approximate surface area is 206 Å². The van der Waals surface area contributed by atoms with Gasteiger partial charge >= 0.3 is 0 Å². The number of halogens is 2. The molecule has 0 radical (unpaired) electrons. The van der Waals surface area contributed by atoms with Gasteiger partial charge in [-0.05, 0) is 43.9 Å². The van der Waals surface area contributed by atoms with Crippen LogP contribution in [0.3, 0.4) is 0 Å². The van der Waals surface area contributed by atoms with Crippen molar-refractivity contribution >= 4 is 21.3 Å².